The minimum Gasteiger partial charge on any atom is -0.466 e. The van der Waals surface area contributed by atoms with E-state index in [-0.39, 0.29) is 18.5 Å². The molecule has 0 saturated heterocycles. The van der Waals surface area contributed by atoms with E-state index in [1.165, 1.54) is 283 Å². The Kier molecular flexibility index (Phi) is 59.0. The van der Waals surface area contributed by atoms with Crippen LogP contribution in [-0.2, 0) is 14.3 Å². The predicted octanol–water partition coefficient (Wildman–Crippen LogP) is 20.0. The Hall–Kier alpha value is -1.40. The number of amides is 1. The van der Waals surface area contributed by atoms with E-state index in [0.29, 0.717) is 25.9 Å². The van der Waals surface area contributed by atoms with Crippen molar-refractivity contribution in [1.29, 1.82) is 0 Å². The number of ether oxygens (including phenoxy) is 1. The molecule has 0 fully saturated rings. The highest BCUT2D eigenvalue weighted by molar-refractivity contribution is 5.76. The highest BCUT2D eigenvalue weighted by Gasteiger charge is 2.20. The van der Waals surface area contributed by atoms with E-state index >= 15 is 0 Å². The summed E-state index contributed by atoms with van der Waals surface area (Å²) < 4.78 is 5.49. The zero-order valence-electron chi connectivity index (χ0n) is 47.5. The van der Waals surface area contributed by atoms with Gasteiger partial charge in [-0.05, 0) is 51.4 Å². The lowest BCUT2D eigenvalue weighted by Crippen LogP contribution is -2.45. The molecule has 1 amide bonds. The Morgan fingerprint density at radius 1 is 0.386 bits per heavy atom. The third-order valence-electron chi connectivity index (χ3n) is 15.1. The number of carbonyl (C=O) groups is 2. The number of hydrogen-bond donors (Lipinski definition) is 3. The molecule has 0 aliphatic carbocycles. The van der Waals surface area contributed by atoms with E-state index in [1.807, 2.05) is 0 Å². The molecule has 0 saturated carbocycles. The van der Waals surface area contributed by atoms with Crippen LogP contribution < -0.4 is 5.32 Å². The highest BCUT2D eigenvalue weighted by Crippen LogP contribution is 2.18. The summed E-state index contributed by atoms with van der Waals surface area (Å²) in [6, 6.07) is -0.542. The van der Waals surface area contributed by atoms with Crippen LogP contribution in [0.1, 0.15) is 361 Å². The summed E-state index contributed by atoms with van der Waals surface area (Å²) in [7, 11) is 0. The number of aliphatic hydroxyl groups excluding tert-OH is 2. The van der Waals surface area contributed by atoms with Gasteiger partial charge in [0.1, 0.15) is 0 Å². The van der Waals surface area contributed by atoms with Gasteiger partial charge >= 0.3 is 5.97 Å². The summed E-state index contributed by atoms with van der Waals surface area (Å²) in [5.41, 5.74) is 0. The van der Waals surface area contributed by atoms with Crippen LogP contribution in [0.2, 0.25) is 0 Å². The number of nitrogens with one attached hydrogen (secondary N) is 1. The number of unbranched alkanes of at least 4 members (excludes halogenated alkanes) is 47. The third kappa shape index (κ3) is 55.9. The molecule has 0 aliphatic heterocycles. The van der Waals surface area contributed by atoms with Crippen molar-refractivity contribution in [2.75, 3.05) is 13.2 Å². The lowest BCUT2D eigenvalue weighted by atomic mass is 10.0. The van der Waals surface area contributed by atoms with Gasteiger partial charge in [-0.15, -0.1) is 0 Å². The Bertz CT molecular complexity index is 1050. The second-order valence-electron chi connectivity index (χ2n) is 22.1. The molecule has 416 valence electrons. The van der Waals surface area contributed by atoms with Crippen molar-refractivity contribution in [3.8, 4) is 0 Å². The van der Waals surface area contributed by atoms with E-state index in [1.54, 1.807) is 0 Å². The van der Waals surface area contributed by atoms with Crippen molar-refractivity contribution in [2.45, 2.75) is 373 Å². The number of carbonyl (C=O) groups excluding carboxylic acids is 2. The smallest absolute Gasteiger partial charge is 0.305 e. The molecule has 0 aliphatic rings. The average Bonchev–Trinajstić information content (AvgIpc) is 3.36. The number of esters is 1. The molecular weight excluding hydrogens is 863 g/mol. The van der Waals surface area contributed by atoms with Crippen molar-refractivity contribution in [2.24, 2.45) is 0 Å². The molecule has 0 bridgehead atoms. The topological polar surface area (TPSA) is 95.9 Å². The molecule has 0 aromatic carbocycles. The second kappa shape index (κ2) is 60.2. The largest absolute Gasteiger partial charge is 0.466 e. The second-order valence-corrected chi connectivity index (χ2v) is 22.1. The summed E-state index contributed by atoms with van der Waals surface area (Å²) in [4.78, 5) is 24.6. The van der Waals surface area contributed by atoms with Crippen LogP contribution in [0.5, 0.6) is 0 Å². The van der Waals surface area contributed by atoms with Crippen molar-refractivity contribution in [3.05, 3.63) is 12.2 Å². The fourth-order valence-electron chi connectivity index (χ4n) is 10.2. The molecule has 2 atom stereocenters. The zero-order chi connectivity index (χ0) is 50.7. The summed E-state index contributed by atoms with van der Waals surface area (Å²) in [5.74, 6) is -0.0275. The first-order valence-electron chi connectivity index (χ1n) is 31.9. The average molecular weight is 989 g/mol. The first-order valence-corrected chi connectivity index (χ1v) is 31.9. The molecule has 0 heterocycles. The zero-order valence-corrected chi connectivity index (χ0v) is 47.5. The summed E-state index contributed by atoms with van der Waals surface area (Å²) in [5, 5.41) is 23.3. The quantitative estimate of drug-likeness (QED) is 0.0321. The van der Waals surface area contributed by atoms with Gasteiger partial charge in [-0.1, -0.05) is 309 Å². The maximum atomic E-state index is 12.5. The molecule has 0 spiro atoms. The Morgan fingerprint density at radius 3 is 1.01 bits per heavy atom. The van der Waals surface area contributed by atoms with Gasteiger partial charge in [0, 0.05) is 12.8 Å². The van der Waals surface area contributed by atoms with Gasteiger partial charge in [0.25, 0.3) is 0 Å². The molecule has 6 nitrogen and oxygen atoms in total. The fraction of sp³-hybridized carbons (Fsp3) is 0.938. The standard InChI is InChI=1S/C64H125NO5/c1-3-5-7-9-11-13-15-17-19-28-32-36-40-44-48-52-56-62(67)61(60-66)65-63(68)57-53-49-45-41-37-33-29-26-24-22-21-23-25-27-31-35-39-43-47-51-55-59-70-64(69)58-54-50-46-42-38-34-30-20-18-16-14-12-10-8-6-4-2/h20,30,61-62,66-67H,3-19,21-29,31-60H2,1-2H3,(H,65,68)/b30-20-. The molecule has 0 radical (unpaired) electrons. The van der Waals surface area contributed by atoms with Crippen LogP contribution in [0.4, 0.5) is 0 Å². The molecule has 6 heteroatoms. The first-order chi connectivity index (χ1) is 34.5. The monoisotopic (exact) mass is 988 g/mol. The fourth-order valence-corrected chi connectivity index (χ4v) is 10.2. The van der Waals surface area contributed by atoms with Gasteiger partial charge in [0.15, 0.2) is 0 Å². The molecule has 0 aromatic rings. The van der Waals surface area contributed by atoms with E-state index in [4.69, 9.17) is 4.74 Å². The van der Waals surface area contributed by atoms with E-state index in [9.17, 15) is 19.8 Å². The minimum absolute atomic E-state index is 0.00552. The van der Waals surface area contributed by atoms with Gasteiger partial charge in [-0.2, -0.15) is 0 Å². The van der Waals surface area contributed by atoms with Crippen LogP contribution in [0.3, 0.4) is 0 Å². The third-order valence-corrected chi connectivity index (χ3v) is 15.1. The SMILES string of the molecule is CCCCCCCCC/C=C\CCCCCCCC(=O)OCCCCCCCCCCCCCCCCCCCCCCCC(=O)NC(CO)C(O)CCCCCCCCCCCCCCCCCC. The number of aliphatic hydroxyl groups is 2. The molecular formula is C64H125NO5. The lowest BCUT2D eigenvalue weighted by Gasteiger charge is -2.22. The van der Waals surface area contributed by atoms with Crippen LogP contribution in [-0.4, -0.2) is 47.4 Å². The van der Waals surface area contributed by atoms with Crippen LogP contribution in [0.15, 0.2) is 12.2 Å². The normalized spacial score (nSPS) is 12.6. The predicted molar refractivity (Wildman–Crippen MR) is 306 cm³/mol. The van der Waals surface area contributed by atoms with Crippen LogP contribution >= 0.6 is 0 Å². The van der Waals surface area contributed by atoms with Crippen LogP contribution in [0, 0.1) is 0 Å². The van der Waals surface area contributed by atoms with Crippen molar-refractivity contribution in [1.82, 2.24) is 5.32 Å². The summed E-state index contributed by atoms with van der Waals surface area (Å²) >= 11 is 0. The number of hydrogen-bond acceptors (Lipinski definition) is 5. The van der Waals surface area contributed by atoms with Gasteiger partial charge in [-0.25, -0.2) is 0 Å². The van der Waals surface area contributed by atoms with Crippen molar-refractivity contribution >= 4 is 11.9 Å². The minimum atomic E-state index is -0.664. The Balaban J connectivity index is 3.37. The maximum absolute atomic E-state index is 12.5. The van der Waals surface area contributed by atoms with E-state index < -0.39 is 12.1 Å². The maximum Gasteiger partial charge on any atom is 0.305 e. The Morgan fingerprint density at radius 2 is 0.671 bits per heavy atom. The first kappa shape index (κ1) is 68.6. The number of rotatable bonds is 60. The Labute approximate surface area is 438 Å². The summed E-state index contributed by atoms with van der Waals surface area (Å²) in [6.07, 6.45) is 72.2. The van der Waals surface area contributed by atoms with E-state index in [0.717, 1.165) is 44.9 Å². The lowest BCUT2D eigenvalue weighted by molar-refractivity contribution is -0.143. The van der Waals surface area contributed by atoms with Gasteiger partial charge < -0.3 is 20.3 Å². The van der Waals surface area contributed by atoms with E-state index in [2.05, 4.69) is 31.3 Å². The van der Waals surface area contributed by atoms with Crippen molar-refractivity contribution < 1.29 is 24.5 Å². The highest BCUT2D eigenvalue weighted by atomic mass is 16.5. The number of allylic oxidation sites excluding steroid dienone is 2. The van der Waals surface area contributed by atoms with Crippen LogP contribution in [0.25, 0.3) is 0 Å². The van der Waals surface area contributed by atoms with Crippen molar-refractivity contribution in [3.63, 3.8) is 0 Å². The molecule has 0 rings (SSSR count). The molecule has 70 heavy (non-hydrogen) atoms. The molecule has 2 unspecified atom stereocenters. The molecule has 0 aromatic heterocycles. The molecule has 3 N–H and O–H groups in total. The van der Waals surface area contributed by atoms with Gasteiger partial charge in [0.2, 0.25) is 5.91 Å². The van der Waals surface area contributed by atoms with Gasteiger partial charge in [0.05, 0.1) is 25.4 Å². The summed E-state index contributed by atoms with van der Waals surface area (Å²) in [6.45, 7) is 4.97. The van der Waals surface area contributed by atoms with Gasteiger partial charge in [-0.3, -0.25) is 9.59 Å².